The first kappa shape index (κ1) is 24.2. The van der Waals surface area contributed by atoms with Gasteiger partial charge in [-0.05, 0) is 89.7 Å². The van der Waals surface area contributed by atoms with Crippen molar-refractivity contribution in [1.29, 1.82) is 0 Å². The fourth-order valence-corrected chi connectivity index (χ4v) is 6.59. The summed E-state index contributed by atoms with van der Waals surface area (Å²) in [4.78, 5) is 17.7. The normalized spacial score (nSPS) is 18.2. The third-order valence-electron chi connectivity index (χ3n) is 7.19. The van der Waals surface area contributed by atoms with Gasteiger partial charge in [0.15, 0.2) is 11.3 Å². The van der Waals surface area contributed by atoms with Gasteiger partial charge in [-0.15, -0.1) is 0 Å². The van der Waals surface area contributed by atoms with Crippen LogP contribution >= 0.6 is 0 Å². The molecule has 0 atom stereocenters. The molecular formula is C25H37N3O4S. The van der Waals surface area contributed by atoms with Gasteiger partial charge in [0, 0.05) is 30.6 Å². The molecule has 2 aliphatic rings. The Morgan fingerprint density at radius 2 is 1.61 bits per heavy atom. The number of carbonyl (C=O) groups is 1. The third kappa shape index (κ3) is 5.12. The van der Waals surface area contributed by atoms with E-state index in [0.717, 1.165) is 70.4 Å². The monoisotopic (exact) mass is 475 g/mol. The highest BCUT2D eigenvalue weighted by molar-refractivity contribution is 7.89. The number of benzene rings is 1. The van der Waals surface area contributed by atoms with Crippen LogP contribution in [0.4, 0.5) is 0 Å². The van der Waals surface area contributed by atoms with Crippen LogP contribution in [0.5, 0.6) is 0 Å². The molecule has 7 nitrogen and oxygen atoms in total. The largest absolute Gasteiger partial charge is 0.449 e. The molecule has 2 aliphatic heterocycles. The molecule has 1 aromatic heterocycles. The van der Waals surface area contributed by atoms with Crippen LogP contribution in [-0.4, -0.2) is 63.4 Å². The van der Waals surface area contributed by atoms with Crippen LogP contribution in [0.25, 0.3) is 11.0 Å². The Kier molecular flexibility index (Phi) is 7.46. The number of hydrogen-bond acceptors (Lipinski definition) is 5. The van der Waals surface area contributed by atoms with Gasteiger partial charge in [-0.25, -0.2) is 13.1 Å². The lowest BCUT2D eigenvalue weighted by Crippen LogP contribution is -2.31. The Labute approximate surface area is 197 Å². The number of amides is 1. The molecule has 8 heteroatoms. The fourth-order valence-electron chi connectivity index (χ4n) is 5.08. The van der Waals surface area contributed by atoms with Crippen LogP contribution in [0, 0.1) is 20.8 Å². The minimum atomic E-state index is -3.78. The average Bonchev–Trinajstić information content (AvgIpc) is 3.30. The maximum atomic E-state index is 13.4. The summed E-state index contributed by atoms with van der Waals surface area (Å²) in [7, 11) is -3.78. The molecule has 0 bridgehead atoms. The second-order valence-electron chi connectivity index (χ2n) is 9.59. The molecule has 0 unspecified atom stereocenters. The molecule has 1 amide bonds. The summed E-state index contributed by atoms with van der Waals surface area (Å²) in [6.45, 7) is 10.5. The standard InChI is InChI=1S/C25H37N3O4S/c1-18-17-21-20(3)22(25(29)28-15-6-4-5-7-16-28)32-23(21)24(19(18)2)33(30,31)26-11-10-14-27-12-8-9-13-27/h17,26H,4-16H2,1-3H3. The predicted molar refractivity (Wildman–Crippen MR) is 130 cm³/mol. The number of likely N-dealkylation sites (tertiary alicyclic amines) is 2. The Morgan fingerprint density at radius 1 is 0.970 bits per heavy atom. The first-order valence-corrected chi connectivity index (χ1v) is 13.8. The molecule has 4 rings (SSSR count). The van der Waals surface area contributed by atoms with Crippen molar-refractivity contribution in [2.45, 2.75) is 70.6 Å². The zero-order chi connectivity index (χ0) is 23.6. The minimum absolute atomic E-state index is 0.136. The summed E-state index contributed by atoms with van der Waals surface area (Å²) in [5.74, 6) is 0.130. The molecule has 2 aromatic rings. The van der Waals surface area contributed by atoms with Gasteiger partial charge in [0.25, 0.3) is 5.91 Å². The van der Waals surface area contributed by atoms with E-state index in [4.69, 9.17) is 4.42 Å². The lowest BCUT2D eigenvalue weighted by Gasteiger charge is -2.19. The number of sulfonamides is 1. The molecular weight excluding hydrogens is 438 g/mol. The van der Waals surface area contributed by atoms with Crippen LogP contribution in [0.2, 0.25) is 0 Å². The van der Waals surface area contributed by atoms with Crippen LogP contribution in [0.1, 0.15) is 72.2 Å². The van der Waals surface area contributed by atoms with E-state index >= 15 is 0 Å². The average molecular weight is 476 g/mol. The van der Waals surface area contributed by atoms with Gasteiger partial charge in [-0.3, -0.25) is 4.79 Å². The van der Waals surface area contributed by atoms with Gasteiger partial charge in [0.1, 0.15) is 4.90 Å². The zero-order valence-corrected chi connectivity index (χ0v) is 21.0. The van der Waals surface area contributed by atoms with Crippen molar-refractivity contribution in [3.63, 3.8) is 0 Å². The summed E-state index contributed by atoms with van der Waals surface area (Å²) >= 11 is 0. The first-order chi connectivity index (χ1) is 15.8. The highest BCUT2D eigenvalue weighted by atomic mass is 32.2. The van der Waals surface area contributed by atoms with Crippen molar-refractivity contribution >= 4 is 26.9 Å². The number of fused-ring (bicyclic) bond motifs is 1. The summed E-state index contributed by atoms with van der Waals surface area (Å²) in [5.41, 5.74) is 2.54. The lowest BCUT2D eigenvalue weighted by atomic mass is 10.0. The van der Waals surface area contributed by atoms with E-state index in [1.807, 2.05) is 31.7 Å². The second-order valence-corrected chi connectivity index (χ2v) is 11.3. The summed E-state index contributed by atoms with van der Waals surface area (Å²) in [5, 5.41) is 0.703. The number of hydrogen-bond donors (Lipinski definition) is 1. The van der Waals surface area contributed by atoms with Crippen molar-refractivity contribution in [1.82, 2.24) is 14.5 Å². The van der Waals surface area contributed by atoms with Gasteiger partial charge in [-0.1, -0.05) is 12.8 Å². The zero-order valence-electron chi connectivity index (χ0n) is 20.2. The van der Waals surface area contributed by atoms with Crippen molar-refractivity contribution in [3.8, 4) is 0 Å². The maximum Gasteiger partial charge on any atom is 0.289 e. The molecule has 0 radical (unpaired) electrons. The fraction of sp³-hybridized carbons (Fsp3) is 0.640. The topological polar surface area (TPSA) is 82.9 Å². The highest BCUT2D eigenvalue weighted by Crippen LogP contribution is 2.35. The van der Waals surface area contributed by atoms with Gasteiger partial charge in [-0.2, -0.15) is 0 Å². The van der Waals surface area contributed by atoms with E-state index in [-0.39, 0.29) is 16.6 Å². The quantitative estimate of drug-likeness (QED) is 0.609. The number of rotatable bonds is 7. The third-order valence-corrected chi connectivity index (χ3v) is 8.80. The highest BCUT2D eigenvalue weighted by Gasteiger charge is 2.29. The Balaban J connectivity index is 1.62. The Bertz CT molecular complexity index is 1110. The van der Waals surface area contributed by atoms with Gasteiger partial charge in [0.2, 0.25) is 10.0 Å². The molecule has 1 N–H and O–H groups in total. The van der Waals surface area contributed by atoms with Crippen LogP contribution in [0.3, 0.4) is 0 Å². The van der Waals surface area contributed by atoms with Gasteiger partial charge in [0.05, 0.1) is 0 Å². The van der Waals surface area contributed by atoms with E-state index < -0.39 is 10.0 Å². The minimum Gasteiger partial charge on any atom is -0.449 e. The van der Waals surface area contributed by atoms with Crippen LogP contribution < -0.4 is 4.72 Å². The van der Waals surface area contributed by atoms with E-state index in [9.17, 15) is 13.2 Å². The smallest absolute Gasteiger partial charge is 0.289 e. The predicted octanol–water partition coefficient (Wildman–Crippen LogP) is 4.14. The molecule has 2 saturated heterocycles. The SMILES string of the molecule is Cc1cc2c(C)c(C(=O)N3CCCCCC3)oc2c(S(=O)(=O)NCCCN2CCCC2)c1C. The Hall–Kier alpha value is -1.90. The van der Waals surface area contributed by atoms with Gasteiger partial charge < -0.3 is 14.2 Å². The van der Waals surface area contributed by atoms with Crippen LogP contribution in [0.15, 0.2) is 15.4 Å². The molecule has 0 spiro atoms. The van der Waals surface area contributed by atoms with E-state index in [1.165, 1.54) is 12.8 Å². The molecule has 33 heavy (non-hydrogen) atoms. The second kappa shape index (κ2) is 10.2. The molecule has 3 heterocycles. The number of carbonyl (C=O) groups excluding carboxylic acids is 1. The lowest BCUT2D eigenvalue weighted by molar-refractivity contribution is 0.0731. The van der Waals surface area contributed by atoms with E-state index in [0.29, 0.717) is 28.6 Å². The summed E-state index contributed by atoms with van der Waals surface area (Å²) < 4.78 is 35.6. The molecule has 1 aromatic carbocycles. The maximum absolute atomic E-state index is 13.4. The molecule has 182 valence electrons. The first-order valence-electron chi connectivity index (χ1n) is 12.3. The number of nitrogens with zero attached hydrogens (tertiary/aromatic N) is 2. The molecule has 0 aliphatic carbocycles. The van der Waals surface area contributed by atoms with E-state index in [1.54, 1.807) is 0 Å². The molecule has 2 fully saturated rings. The number of aryl methyl sites for hydroxylation is 2. The Morgan fingerprint density at radius 3 is 2.27 bits per heavy atom. The summed E-state index contributed by atoms with van der Waals surface area (Å²) in [6, 6.07) is 1.94. The van der Waals surface area contributed by atoms with Gasteiger partial charge >= 0.3 is 0 Å². The number of furan rings is 1. The van der Waals surface area contributed by atoms with Crippen molar-refractivity contribution < 1.29 is 17.6 Å². The van der Waals surface area contributed by atoms with Crippen molar-refractivity contribution in [2.75, 3.05) is 39.3 Å². The number of nitrogens with one attached hydrogen (secondary N) is 1. The van der Waals surface area contributed by atoms with Crippen molar-refractivity contribution in [3.05, 3.63) is 28.5 Å². The summed E-state index contributed by atoms with van der Waals surface area (Å²) in [6.07, 6.45) is 7.46. The molecule has 0 saturated carbocycles. The van der Waals surface area contributed by atoms with E-state index in [2.05, 4.69) is 9.62 Å². The van der Waals surface area contributed by atoms with Crippen molar-refractivity contribution in [2.24, 2.45) is 0 Å². The van der Waals surface area contributed by atoms with Crippen LogP contribution in [-0.2, 0) is 10.0 Å².